The Kier molecular flexibility index (Phi) is 20.7. The Hall–Kier alpha value is -8.22. The van der Waals surface area contributed by atoms with E-state index in [4.69, 9.17) is 43.6 Å². The second-order valence-corrected chi connectivity index (χ2v) is 22.9. The summed E-state index contributed by atoms with van der Waals surface area (Å²) in [6.45, 7) is 2.36. The van der Waals surface area contributed by atoms with Crippen LogP contribution < -0.4 is 35.9 Å². The number of alkyl carbamates (subject to hydrolysis) is 1. The highest BCUT2D eigenvalue weighted by molar-refractivity contribution is 6.13. The number of ketones is 2. The van der Waals surface area contributed by atoms with E-state index < -0.39 is 83.2 Å². The van der Waals surface area contributed by atoms with Gasteiger partial charge in [0.05, 0.1) is 38.3 Å². The maximum atomic E-state index is 14.0. The number of Topliss-reactive ketones (excluding diaryl/α,β-unsaturated/α-hetero) is 2. The highest BCUT2D eigenvalue weighted by Crippen LogP contribution is 2.69. The zero-order valence-corrected chi connectivity index (χ0v) is 49.8. The Bertz CT molecular complexity index is 3210. The molecule has 23 heteroatoms. The highest BCUT2D eigenvalue weighted by Gasteiger charge is 2.78. The quantitative estimate of drug-likeness (QED) is 0.0148. The summed E-state index contributed by atoms with van der Waals surface area (Å²) in [6.07, 6.45) is 2.44. The van der Waals surface area contributed by atoms with Gasteiger partial charge in [-0.2, -0.15) is 0 Å². The van der Waals surface area contributed by atoms with E-state index in [0.29, 0.717) is 91.6 Å². The zero-order chi connectivity index (χ0) is 62.8. The van der Waals surface area contributed by atoms with E-state index in [0.717, 1.165) is 0 Å². The van der Waals surface area contributed by atoms with Crippen LogP contribution in [0.5, 0.6) is 17.2 Å². The predicted octanol–water partition coefficient (Wildman–Crippen LogP) is 6.41. The third-order valence-electron chi connectivity index (χ3n) is 17.6. The number of aliphatic hydroxyl groups excluding tert-OH is 1. The minimum atomic E-state index is -2.19. The third-order valence-corrected chi connectivity index (χ3v) is 17.6. The van der Waals surface area contributed by atoms with E-state index >= 15 is 0 Å². The largest absolute Gasteiger partial charge is 0.497 e. The summed E-state index contributed by atoms with van der Waals surface area (Å²) < 4.78 is 47.6. The molecule has 4 aromatic rings. The number of nitrogens with one attached hydrogen (secondary N) is 3. The average molecular weight is 1220 g/mol. The van der Waals surface area contributed by atoms with Gasteiger partial charge >= 0.3 is 18.1 Å². The molecule has 0 aromatic heterocycles. The van der Waals surface area contributed by atoms with Crippen molar-refractivity contribution in [3.05, 3.63) is 131 Å². The van der Waals surface area contributed by atoms with Gasteiger partial charge in [-0.05, 0) is 104 Å². The monoisotopic (exact) mass is 1220 g/mol. The van der Waals surface area contributed by atoms with Crippen molar-refractivity contribution in [3.8, 4) is 17.2 Å². The lowest BCUT2D eigenvalue weighted by atomic mass is 9.61. The molecule has 4 aromatic carbocycles. The molecular weight excluding hydrogens is 1140 g/mol. The normalized spacial score (nSPS) is 24.2. The molecule has 23 nitrogen and oxygen atoms in total. The van der Waals surface area contributed by atoms with E-state index in [1.807, 2.05) is 18.2 Å². The Labute approximate surface area is 509 Å². The Balaban J connectivity index is 0.767. The molecule has 2 aliphatic carbocycles. The van der Waals surface area contributed by atoms with Crippen LogP contribution >= 0.6 is 0 Å². The van der Waals surface area contributed by atoms with Crippen molar-refractivity contribution < 1.29 is 86.5 Å². The molecule has 3 aliphatic heterocycles. The maximum absolute atomic E-state index is 14.0. The summed E-state index contributed by atoms with van der Waals surface area (Å²) in [5.41, 5.74) is 3.02. The zero-order valence-electron chi connectivity index (χ0n) is 49.8. The van der Waals surface area contributed by atoms with Crippen LogP contribution in [0.1, 0.15) is 111 Å². The number of unbranched alkanes of at least 4 members (excludes halogenated alkanes) is 3. The number of carbonyl (C=O) groups is 8. The topological polar surface area (TPSA) is 316 Å². The average Bonchev–Trinajstić information content (AvgIpc) is 1.51. The van der Waals surface area contributed by atoms with Crippen molar-refractivity contribution in [1.82, 2.24) is 15.5 Å². The standard InChI is InChI=1S/C65H77N5O18/c1-39-34-47(36-48-54(39)64(80)56(75)53(58(77)82-3)55(41-14-8-7-9-15-41)65(64,88-48)43-20-24-45(81-2)25-21-43)87-60-59(83-4)84-38-46(86-60)28-32-68-62(79)85-37-40-18-22-44(23-19-40)69-57(76)42(16-12-31-67-61(66)78)35-50(72)63(29-13-30-63)49(71)17-10-5-6-11-33-70-51(73)26-27-52(70)74/h7-9,14-15,18-27,34,36,42,46,53,55-56,59-60,75,80H,5-6,10-13,16-17,28-33,35,37-38H2,1-4H3,(H,68,79)(H,69,76)(H3,66,67,78)/t42-,46+,53-,55-,56-,59?,60?,64+,65+/m1/s1. The third kappa shape index (κ3) is 13.4. The molecule has 7 N–H and O–H groups in total. The first-order chi connectivity index (χ1) is 42.4. The van der Waals surface area contributed by atoms with Crippen LogP contribution in [0.3, 0.4) is 0 Å². The van der Waals surface area contributed by atoms with Crippen LogP contribution in [-0.2, 0) is 70.3 Å². The molecule has 0 radical (unpaired) electrons. The van der Waals surface area contributed by atoms with Gasteiger partial charge in [0.15, 0.2) is 11.2 Å². The Morgan fingerprint density at radius 2 is 1.53 bits per heavy atom. The van der Waals surface area contributed by atoms with Crippen LogP contribution in [0.4, 0.5) is 15.3 Å². The molecule has 1 saturated heterocycles. The van der Waals surface area contributed by atoms with E-state index in [1.165, 1.54) is 38.4 Å². The van der Waals surface area contributed by atoms with Gasteiger partial charge in [0.2, 0.25) is 12.2 Å². The van der Waals surface area contributed by atoms with Crippen LogP contribution in [0, 0.1) is 24.2 Å². The smallest absolute Gasteiger partial charge is 0.407 e. The summed E-state index contributed by atoms with van der Waals surface area (Å²) in [4.78, 5) is 104. The van der Waals surface area contributed by atoms with Crippen molar-refractivity contribution in [1.29, 1.82) is 0 Å². The number of methoxy groups -OCH3 is 3. The molecule has 3 fully saturated rings. The lowest BCUT2D eigenvalue weighted by molar-refractivity contribution is -0.312. The number of imide groups is 1. The number of ether oxygens (including phenoxy) is 8. The molecule has 0 bridgehead atoms. The second-order valence-electron chi connectivity index (χ2n) is 22.9. The lowest BCUT2D eigenvalue weighted by Crippen LogP contribution is -2.52. The summed E-state index contributed by atoms with van der Waals surface area (Å²) >= 11 is 0. The van der Waals surface area contributed by atoms with Crippen LogP contribution in [0.25, 0.3) is 0 Å². The molecule has 0 spiro atoms. The maximum Gasteiger partial charge on any atom is 0.407 e. The van der Waals surface area contributed by atoms with Gasteiger partial charge in [-0.3, -0.25) is 33.7 Å². The van der Waals surface area contributed by atoms with E-state index in [1.54, 1.807) is 79.7 Å². The fraction of sp³-hybridized carbons (Fsp3) is 0.477. The number of aryl methyl sites for hydroxylation is 1. The number of benzene rings is 4. The summed E-state index contributed by atoms with van der Waals surface area (Å²) in [6, 6.07) is 25.1. The molecule has 3 heterocycles. The van der Waals surface area contributed by atoms with Crippen molar-refractivity contribution >= 4 is 53.1 Å². The number of aliphatic hydroxyl groups is 2. The first-order valence-electron chi connectivity index (χ1n) is 29.8. The van der Waals surface area contributed by atoms with Gasteiger partial charge in [0.25, 0.3) is 18.1 Å². The number of hydrogen-bond donors (Lipinski definition) is 6. The number of nitrogens with two attached hydrogens (primary N) is 1. The summed E-state index contributed by atoms with van der Waals surface area (Å²) in [5.74, 6) is -4.26. The molecule has 9 atom stereocenters. The molecule has 2 saturated carbocycles. The number of esters is 1. The van der Waals surface area contributed by atoms with E-state index in [-0.39, 0.29) is 92.4 Å². The first-order valence-corrected chi connectivity index (χ1v) is 29.8. The SMILES string of the molecule is COC(=O)[C@H]1[C@@H](O)[C@@]2(O)c3c(C)cc(OC4O[C@@H](CCNC(=O)OCc5ccc(NC(=O)[C@H](CCCNC(N)=O)CC(=O)C6(C(=O)CCCCCCN7C(=O)C=CC7=O)CCC6)cc5)COC4OC)cc3O[C@@]2(c2ccc(OC)cc2)[C@@H]1c1ccccc1. The van der Waals surface area contributed by atoms with Crippen molar-refractivity contribution in [2.45, 2.75) is 132 Å². The van der Waals surface area contributed by atoms with Gasteiger partial charge < -0.3 is 69.8 Å². The van der Waals surface area contributed by atoms with E-state index in [2.05, 4.69) is 16.0 Å². The molecule has 470 valence electrons. The number of amides is 6. The number of hydrogen-bond acceptors (Lipinski definition) is 18. The van der Waals surface area contributed by atoms with E-state index in [9.17, 15) is 48.6 Å². The van der Waals surface area contributed by atoms with Crippen LogP contribution in [0.2, 0.25) is 0 Å². The lowest BCUT2D eigenvalue weighted by Gasteiger charge is -2.41. The van der Waals surface area contributed by atoms with Gasteiger partial charge in [-0.1, -0.05) is 73.9 Å². The number of anilines is 1. The minimum absolute atomic E-state index is 0.100. The van der Waals surface area contributed by atoms with Gasteiger partial charge in [0, 0.05) is 80.9 Å². The summed E-state index contributed by atoms with van der Waals surface area (Å²) in [5, 5.41) is 33.7. The first kappa shape index (κ1) is 64.3. The Morgan fingerprint density at radius 3 is 2.19 bits per heavy atom. The number of fused-ring (bicyclic) bond motifs is 3. The molecular formula is C65H77N5O18. The second kappa shape index (κ2) is 28.3. The van der Waals surface area contributed by atoms with Crippen molar-refractivity contribution in [2.24, 2.45) is 23.0 Å². The highest BCUT2D eigenvalue weighted by atomic mass is 16.8. The van der Waals surface area contributed by atoms with Crippen LogP contribution in [0.15, 0.2) is 103 Å². The number of primary amides is 1. The number of nitrogens with zero attached hydrogens (tertiary/aromatic N) is 1. The van der Waals surface area contributed by atoms with Crippen molar-refractivity contribution in [3.63, 3.8) is 0 Å². The fourth-order valence-corrected chi connectivity index (χ4v) is 12.9. The number of rotatable bonds is 29. The fourth-order valence-electron chi connectivity index (χ4n) is 12.9. The molecule has 9 rings (SSSR count). The van der Waals surface area contributed by atoms with Gasteiger partial charge in [0.1, 0.15) is 41.5 Å². The molecule has 5 aliphatic rings. The molecule has 2 unspecified atom stereocenters. The summed E-state index contributed by atoms with van der Waals surface area (Å²) in [7, 11) is 4.21. The number of carbonyl (C=O) groups excluding carboxylic acids is 8. The number of urea groups is 1. The molecule has 6 amide bonds. The van der Waals surface area contributed by atoms with Gasteiger partial charge in [-0.25, -0.2) is 9.59 Å². The predicted molar refractivity (Wildman–Crippen MR) is 315 cm³/mol. The minimum Gasteiger partial charge on any atom is -0.497 e. The molecule has 88 heavy (non-hydrogen) atoms. The van der Waals surface area contributed by atoms with Crippen LogP contribution in [-0.4, -0.2) is 135 Å². The Morgan fingerprint density at radius 1 is 0.818 bits per heavy atom. The van der Waals surface area contributed by atoms with Gasteiger partial charge in [-0.15, -0.1) is 0 Å². The van der Waals surface area contributed by atoms with Crippen molar-refractivity contribution in [2.75, 3.05) is 52.9 Å².